The van der Waals surface area contributed by atoms with Crippen LogP contribution < -0.4 is 10.6 Å². The van der Waals surface area contributed by atoms with Crippen molar-refractivity contribution >= 4 is 41.5 Å². The van der Waals surface area contributed by atoms with Crippen molar-refractivity contribution in [2.75, 3.05) is 46.6 Å². The molecule has 0 aliphatic carbocycles. The van der Waals surface area contributed by atoms with Crippen LogP contribution in [-0.2, 0) is 20.8 Å². The van der Waals surface area contributed by atoms with Crippen molar-refractivity contribution in [2.45, 2.75) is 25.6 Å². The monoisotopic (exact) mass is 497 g/mol. The fourth-order valence-electron chi connectivity index (χ4n) is 2.45. The highest BCUT2D eigenvalue weighted by atomic mass is 127. The van der Waals surface area contributed by atoms with Crippen molar-refractivity contribution in [1.82, 2.24) is 10.6 Å². The molecule has 0 aromatic heterocycles. The molecule has 0 amide bonds. The van der Waals surface area contributed by atoms with Crippen molar-refractivity contribution in [3.63, 3.8) is 0 Å². The minimum Gasteiger partial charge on any atom is -0.379 e. The van der Waals surface area contributed by atoms with Crippen LogP contribution in [0.25, 0.3) is 0 Å². The number of benzene rings is 1. The molecule has 6 nitrogen and oxygen atoms in total. The van der Waals surface area contributed by atoms with Crippen molar-refractivity contribution < 1.29 is 14.2 Å². The first-order chi connectivity index (χ1) is 12.3. The molecular formula is C18H29ClIN3O3. The van der Waals surface area contributed by atoms with E-state index in [1.165, 1.54) is 0 Å². The molecule has 1 atom stereocenters. The third-order valence-corrected chi connectivity index (χ3v) is 4.01. The Morgan fingerprint density at radius 1 is 1.31 bits per heavy atom. The van der Waals surface area contributed by atoms with Crippen molar-refractivity contribution in [3.05, 3.63) is 34.9 Å². The smallest absolute Gasteiger partial charge is 0.191 e. The maximum Gasteiger partial charge on any atom is 0.191 e. The molecule has 148 valence electrons. The molecule has 0 radical (unpaired) electrons. The summed E-state index contributed by atoms with van der Waals surface area (Å²) >= 11 is 5.95. The van der Waals surface area contributed by atoms with Gasteiger partial charge < -0.3 is 24.8 Å². The first kappa shape index (κ1) is 23.4. The predicted molar refractivity (Wildman–Crippen MR) is 116 cm³/mol. The largest absolute Gasteiger partial charge is 0.379 e. The number of guanidine groups is 1. The molecule has 1 fully saturated rings. The van der Waals surface area contributed by atoms with Gasteiger partial charge in [-0.15, -0.1) is 24.0 Å². The molecule has 0 spiro atoms. The lowest BCUT2D eigenvalue weighted by atomic mass is 10.2. The van der Waals surface area contributed by atoms with Gasteiger partial charge in [-0.1, -0.05) is 23.7 Å². The quantitative estimate of drug-likeness (QED) is 0.225. The second-order valence-electron chi connectivity index (χ2n) is 5.82. The molecular weight excluding hydrogens is 469 g/mol. The second kappa shape index (κ2) is 14.4. The second-order valence-corrected chi connectivity index (χ2v) is 6.25. The third-order valence-electron chi connectivity index (χ3n) is 3.78. The first-order valence-electron chi connectivity index (χ1n) is 8.74. The fourth-order valence-corrected chi connectivity index (χ4v) is 2.67. The van der Waals surface area contributed by atoms with E-state index in [9.17, 15) is 0 Å². The fraction of sp³-hybridized carbons (Fsp3) is 0.611. The summed E-state index contributed by atoms with van der Waals surface area (Å²) in [6, 6.07) is 7.69. The normalized spacial score (nSPS) is 17.0. The standard InChI is InChI=1S/C18H28ClN3O3.HI/c1-20-18(21-7-3-9-25-17-6-10-23-14-17)22-8-11-24-13-15-4-2-5-16(19)12-15;/h2,4-5,12,17H,3,6-11,13-14H2,1H3,(H2,20,21,22);1H. The number of nitrogens with zero attached hydrogens (tertiary/aromatic N) is 1. The molecule has 1 heterocycles. The van der Waals surface area contributed by atoms with Gasteiger partial charge in [-0.25, -0.2) is 0 Å². The average molecular weight is 498 g/mol. The van der Waals surface area contributed by atoms with Crippen LogP contribution in [0.4, 0.5) is 0 Å². The van der Waals surface area contributed by atoms with Crippen LogP contribution >= 0.6 is 35.6 Å². The van der Waals surface area contributed by atoms with Gasteiger partial charge in [0, 0.05) is 38.4 Å². The van der Waals surface area contributed by atoms with E-state index in [4.69, 9.17) is 25.8 Å². The van der Waals surface area contributed by atoms with Gasteiger partial charge in [0.1, 0.15) is 0 Å². The molecule has 1 aromatic carbocycles. The van der Waals surface area contributed by atoms with E-state index >= 15 is 0 Å². The summed E-state index contributed by atoms with van der Waals surface area (Å²) in [5.74, 6) is 0.774. The number of ether oxygens (including phenoxy) is 3. The van der Waals surface area contributed by atoms with Gasteiger partial charge in [-0.2, -0.15) is 0 Å². The lowest BCUT2D eigenvalue weighted by Gasteiger charge is -2.13. The highest BCUT2D eigenvalue weighted by Crippen LogP contribution is 2.11. The summed E-state index contributed by atoms with van der Waals surface area (Å²) in [6.07, 6.45) is 2.21. The summed E-state index contributed by atoms with van der Waals surface area (Å²) < 4.78 is 16.6. The molecule has 26 heavy (non-hydrogen) atoms. The first-order valence-corrected chi connectivity index (χ1v) is 9.12. The minimum atomic E-state index is 0. The molecule has 1 aromatic rings. The average Bonchev–Trinajstić information content (AvgIpc) is 3.13. The Labute approximate surface area is 178 Å². The van der Waals surface area contributed by atoms with E-state index in [0.717, 1.165) is 55.8 Å². The van der Waals surface area contributed by atoms with Gasteiger partial charge in [0.2, 0.25) is 0 Å². The Bertz CT molecular complexity index is 528. The van der Waals surface area contributed by atoms with Crippen LogP contribution in [0.5, 0.6) is 0 Å². The zero-order chi connectivity index (χ0) is 17.7. The van der Waals surface area contributed by atoms with Crippen LogP contribution in [-0.4, -0.2) is 58.6 Å². The lowest BCUT2D eigenvalue weighted by Crippen LogP contribution is -2.39. The van der Waals surface area contributed by atoms with Crippen LogP contribution in [0.1, 0.15) is 18.4 Å². The van der Waals surface area contributed by atoms with E-state index in [1.807, 2.05) is 24.3 Å². The van der Waals surface area contributed by atoms with Gasteiger partial charge in [0.05, 0.1) is 25.9 Å². The Balaban J connectivity index is 0.00000338. The highest BCUT2D eigenvalue weighted by molar-refractivity contribution is 14.0. The molecule has 2 N–H and O–H groups in total. The molecule has 1 aliphatic rings. The molecule has 1 saturated heterocycles. The van der Waals surface area contributed by atoms with Crippen LogP contribution in [0, 0.1) is 0 Å². The maximum absolute atomic E-state index is 5.95. The number of hydrogen-bond donors (Lipinski definition) is 2. The highest BCUT2D eigenvalue weighted by Gasteiger charge is 2.15. The minimum absolute atomic E-state index is 0. The third kappa shape index (κ3) is 9.91. The molecule has 1 unspecified atom stereocenters. The van der Waals surface area contributed by atoms with Crippen LogP contribution in [0.2, 0.25) is 5.02 Å². The van der Waals surface area contributed by atoms with Gasteiger partial charge in [-0.05, 0) is 30.5 Å². The zero-order valence-corrected chi connectivity index (χ0v) is 18.3. The summed E-state index contributed by atoms with van der Waals surface area (Å²) in [6.45, 7) is 4.94. The van der Waals surface area contributed by atoms with Gasteiger partial charge in [0.25, 0.3) is 0 Å². The number of rotatable bonds is 10. The van der Waals surface area contributed by atoms with Crippen molar-refractivity contribution in [3.8, 4) is 0 Å². The van der Waals surface area contributed by atoms with E-state index in [1.54, 1.807) is 7.05 Å². The van der Waals surface area contributed by atoms with E-state index in [0.29, 0.717) is 19.8 Å². The Kier molecular flexibility index (Phi) is 13.0. The van der Waals surface area contributed by atoms with Gasteiger partial charge >= 0.3 is 0 Å². The van der Waals surface area contributed by atoms with Gasteiger partial charge in [0.15, 0.2) is 5.96 Å². The van der Waals surface area contributed by atoms with Crippen molar-refractivity contribution in [2.24, 2.45) is 4.99 Å². The van der Waals surface area contributed by atoms with Crippen molar-refractivity contribution in [1.29, 1.82) is 0 Å². The maximum atomic E-state index is 5.95. The number of nitrogens with one attached hydrogen (secondary N) is 2. The molecule has 0 bridgehead atoms. The number of halogens is 2. The summed E-state index contributed by atoms with van der Waals surface area (Å²) in [5, 5.41) is 7.22. The van der Waals surface area contributed by atoms with Crippen LogP contribution in [0.3, 0.4) is 0 Å². The molecule has 8 heteroatoms. The van der Waals surface area contributed by atoms with Gasteiger partial charge in [-0.3, -0.25) is 4.99 Å². The molecule has 1 aliphatic heterocycles. The topological polar surface area (TPSA) is 64.1 Å². The predicted octanol–water partition coefficient (Wildman–Crippen LogP) is 2.84. The van der Waals surface area contributed by atoms with E-state index in [-0.39, 0.29) is 30.1 Å². The molecule has 0 saturated carbocycles. The lowest BCUT2D eigenvalue weighted by molar-refractivity contribution is 0.0420. The molecule has 2 rings (SSSR count). The van der Waals surface area contributed by atoms with E-state index < -0.39 is 0 Å². The van der Waals surface area contributed by atoms with Crippen LogP contribution in [0.15, 0.2) is 29.3 Å². The summed E-state index contributed by atoms with van der Waals surface area (Å²) in [7, 11) is 1.76. The summed E-state index contributed by atoms with van der Waals surface area (Å²) in [5.41, 5.74) is 1.07. The zero-order valence-electron chi connectivity index (χ0n) is 15.2. The summed E-state index contributed by atoms with van der Waals surface area (Å²) in [4.78, 5) is 4.19. The Morgan fingerprint density at radius 2 is 2.15 bits per heavy atom. The Hall–Kier alpha value is -0.610. The number of aliphatic imine (C=N–C) groups is 1. The van der Waals surface area contributed by atoms with E-state index in [2.05, 4.69) is 15.6 Å². The number of hydrogen-bond acceptors (Lipinski definition) is 4. The SMILES string of the molecule is CN=C(NCCCOC1CCOC1)NCCOCc1cccc(Cl)c1.I. The Morgan fingerprint density at radius 3 is 2.88 bits per heavy atom.